The molecule has 1 fully saturated rings. The zero-order valence-electron chi connectivity index (χ0n) is 20.1. The van der Waals surface area contributed by atoms with Crippen LogP contribution in [0.15, 0.2) is 46.8 Å². The zero-order valence-corrected chi connectivity index (χ0v) is 21.8. The molecule has 14 nitrogen and oxygen atoms in total. The molecule has 38 heavy (non-hydrogen) atoms. The molecule has 2 aromatic rings. The van der Waals surface area contributed by atoms with Crippen LogP contribution in [0.5, 0.6) is 0 Å². The molecule has 3 atom stereocenters. The Morgan fingerprint density at radius 3 is 2.68 bits per heavy atom. The number of aliphatic carboxylic acids is 2. The van der Waals surface area contributed by atoms with Gasteiger partial charge in [0, 0.05) is 18.1 Å². The highest BCUT2D eigenvalue weighted by Crippen LogP contribution is 2.41. The number of amides is 2. The van der Waals surface area contributed by atoms with E-state index in [1.807, 2.05) is 0 Å². The Morgan fingerprint density at radius 1 is 1.26 bits per heavy atom. The van der Waals surface area contributed by atoms with E-state index in [9.17, 15) is 29.4 Å². The summed E-state index contributed by atoms with van der Waals surface area (Å²) in [6.45, 7) is 0.593. The lowest BCUT2D eigenvalue weighted by Crippen LogP contribution is -2.70. The SMILES string of the molecule is CN(CCn1nnnc1SCC1=C(C(=O)O)N2C(=O)C(NC(=O)[C@H](O)c3ccccc3)[C@H]2SC1)CC(=O)O. The number of nitrogens with one attached hydrogen (secondary N) is 1. The number of β-lactam (4-membered cyclic amide) rings is 1. The second-order valence-electron chi connectivity index (χ2n) is 8.57. The van der Waals surface area contributed by atoms with Gasteiger partial charge in [-0.1, -0.05) is 42.1 Å². The lowest BCUT2D eigenvalue weighted by molar-refractivity contribution is -0.151. The number of carbonyl (C=O) groups is 4. The fraction of sp³-hybridized carbons (Fsp3) is 0.409. The van der Waals surface area contributed by atoms with Crippen molar-refractivity contribution in [3.05, 3.63) is 47.2 Å². The van der Waals surface area contributed by atoms with E-state index in [1.54, 1.807) is 42.3 Å². The van der Waals surface area contributed by atoms with Crippen LogP contribution < -0.4 is 5.32 Å². The zero-order chi connectivity index (χ0) is 27.4. The molecular weight excluding hydrogens is 538 g/mol. The number of carbonyl (C=O) groups excluding carboxylic acids is 2. The third-order valence-corrected chi connectivity index (χ3v) is 8.27. The topological polar surface area (TPSA) is 191 Å². The first kappa shape index (κ1) is 27.6. The molecule has 16 heteroatoms. The molecule has 0 spiro atoms. The summed E-state index contributed by atoms with van der Waals surface area (Å²) in [7, 11) is 1.66. The molecule has 0 bridgehead atoms. The average Bonchev–Trinajstić information content (AvgIpc) is 3.35. The number of thioether (sulfide) groups is 2. The van der Waals surface area contributed by atoms with Crippen molar-refractivity contribution in [3.63, 3.8) is 0 Å². The minimum atomic E-state index is -1.46. The van der Waals surface area contributed by atoms with Gasteiger partial charge < -0.3 is 20.6 Å². The van der Waals surface area contributed by atoms with Gasteiger partial charge in [0.15, 0.2) is 6.10 Å². The van der Waals surface area contributed by atoms with Crippen LogP contribution in [0.1, 0.15) is 11.7 Å². The van der Waals surface area contributed by atoms with Crippen LogP contribution in [-0.2, 0) is 25.7 Å². The molecule has 0 saturated carbocycles. The molecule has 1 saturated heterocycles. The smallest absolute Gasteiger partial charge is 0.352 e. The van der Waals surface area contributed by atoms with Gasteiger partial charge >= 0.3 is 11.9 Å². The molecule has 0 radical (unpaired) electrons. The van der Waals surface area contributed by atoms with Gasteiger partial charge in [-0.2, -0.15) is 0 Å². The van der Waals surface area contributed by atoms with E-state index in [2.05, 4.69) is 20.8 Å². The van der Waals surface area contributed by atoms with E-state index >= 15 is 0 Å². The van der Waals surface area contributed by atoms with Crippen LogP contribution in [0.4, 0.5) is 0 Å². The molecule has 202 valence electrons. The van der Waals surface area contributed by atoms with Gasteiger partial charge in [0.25, 0.3) is 11.8 Å². The van der Waals surface area contributed by atoms with Crippen molar-refractivity contribution in [1.82, 2.24) is 35.3 Å². The number of aliphatic hydroxyl groups excluding tert-OH is 1. The van der Waals surface area contributed by atoms with Crippen LogP contribution in [0.25, 0.3) is 0 Å². The Bertz CT molecular complexity index is 1260. The first-order valence-electron chi connectivity index (χ1n) is 11.4. The number of tetrazole rings is 1. The van der Waals surface area contributed by atoms with Crippen LogP contribution in [0.2, 0.25) is 0 Å². The predicted octanol–water partition coefficient (Wildman–Crippen LogP) is -0.746. The summed E-state index contributed by atoms with van der Waals surface area (Å²) in [5.74, 6) is -3.00. The van der Waals surface area contributed by atoms with Gasteiger partial charge in [0.05, 0.1) is 13.1 Å². The van der Waals surface area contributed by atoms with Gasteiger partial charge in [-0.3, -0.25) is 24.2 Å². The summed E-state index contributed by atoms with van der Waals surface area (Å²) < 4.78 is 1.50. The van der Waals surface area contributed by atoms with Crippen molar-refractivity contribution in [2.75, 3.05) is 31.6 Å². The monoisotopic (exact) mass is 563 g/mol. The van der Waals surface area contributed by atoms with Gasteiger partial charge in [0.1, 0.15) is 17.1 Å². The number of aliphatic hydroxyl groups is 1. The minimum absolute atomic E-state index is 0.131. The fourth-order valence-electron chi connectivity index (χ4n) is 3.98. The van der Waals surface area contributed by atoms with Gasteiger partial charge in [0.2, 0.25) is 5.16 Å². The Morgan fingerprint density at radius 2 is 2.00 bits per heavy atom. The van der Waals surface area contributed by atoms with Crippen molar-refractivity contribution in [2.45, 2.75) is 29.2 Å². The maximum atomic E-state index is 12.9. The molecule has 4 N–H and O–H groups in total. The molecular formula is C22H25N7O7S2. The number of nitrogens with zero attached hydrogens (tertiary/aromatic N) is 6. The highest BCUT2D eigenvalue weighted by atomic mass is 32.2. The Labute approximate surface area is 225 Å². The van der Waals surface area contributed by atoms with Gasteiger partial charge in [-0.05, 0) is 28.6 Å². The maximum absolute atomic E-state index is 12.9. The highest BCUT2D eigenvalue weighted by Gasteiger charge is 2.54. The molecule has 1 aromatic heterocycles. The van der Waals surface area contributed by atoms with Gasteiger partial charge in [-0.15, -0.1) is 16.9 Å². The number of carboxylic acids is 2. The quantitative estimate of drug-likeness (QED) is 0.187. The number of hydrogen-bond acceptors (Lipinski definition) is 11. The summed E-state index contributed by atoms with van der Waals surface area (Å²) in [5.41, 5.74) is 0.746. The first-order valence-corrected chi connectivity index (χ1v) is 13.4. The van der Waals surface area contributed by atoms with Crippen molar-refractivity contribution in [2.24, 2.45) is 0 Å². The van der Waals surface area contributed by atoms with E-state index in [1.165, 1.54) is 28.2 Å². The van der Waals surface area contributed by atoms with Crippen molar-refractivity contribution >= 4 is 47.3 Å². The normalized spacial score (nSPS) is 19.7. The Kier molecular flexibility index (Phi) is 8.65. The number of rotatable bonds is 12. The molecule has 2 aliphatic rings. The lowest BCUT2D eigenvalue weighted by atomic mass is 10.0. The van der Waals surface area contributed by atoms with Gasteiger partial charge in [-0.25, -0.2) is 9.48 Å². The molecule has 3 heterocycles. The van der Waals surface area contributed by atoms with E-state index in [0.29, 0.717) is 35.1 Å². The van der Waals surface area contributed by atoms with Crippen LogP contribution >= 0.6 is 23.5 Å². The molecule has 2 aliphatic heterocycles. The number of fused-ring (bicyclic) bond motifs is 1. The lowest BCUT2D eigenvalue weighted by Gasteiger charge is -2.49. The summed E-state index contributed by atoms with van der Waals surface area (Å²) in [4.78, 5) is 51.1. The Hall–Kier alpha value is -3.47. The van der Waals surface area contributed by atoms with E-state index < -0.39 is 41.3 Å². The van der Waals surface area contributed by atoms with Crippen LogP contribution in [-0.4, -0.2) is 112 Å². The molecule has 0 aliphatic carbocycles. The molecule has 1 unspecified atom stereocenters. The molecule has 1 aromatic carbocycles. The highest BCUT2D eigenvalue weighted by molar-refractivity contribution is 8.01. The number of likely N-dealkylation sites (N-methyl/N-ethyl adjacent to an activating group) is 1. The van der Waals surface area contributed by atoms with Crippen molar-refractivity contribution in [1.29, 1.82) is 0 Å². The second kappa shape index (κ2) is 11.9. The summed E-state index contributed by atoms with van der Waals surface area (Å²) in [5, 5.41) is 43.0. The Balaban J connectivity index is 1.39. The third kappa shape index (κ3) is 5.98. The number of aromatic nitrogens is 4. The standard InChI is InChI=1S/C22H25N7O7S2/c1-27(9-14(30)31)7-8-28-22(24-25-26-28)38-11-13-10-37-20-15(19(34)29(20)16(13)21(35)36)23-18(33)17(32)12-5-3-2-4-6-12/h2-6,15,17,20,32H,7-11H2,1H3,(H,23,33)(H,30,31)(H,35,36)/t15?,17-,20-/m1/s1. The van der Waals surface area contributed by atoms with E-state index in [-0.39, 0.29) is 18.0 Å². The first-order chi connectivity index (χ1) is 18.2. The predicted molar refractivity (Wildman–Crippen MR) is 135 cm³/mol. The average molecular weight is 564 g/mol. The van der Waals surface area contributed by atoms with E-state index in [0.717, 1.165) is 4.90 Å². The number of hydrogen-bond donors (Lipinski definition) is 4. The van der Waals surface area contributed by atoms with Crippen molar-refractivity contribution in [3.8, 4) is 0 Å². The van der Waals surface area contributed by atoms with Crippen LogP contribution in [0.3, 0.4) is 0 Å². The summed E-state index contributed by atoms with van der Waals surface area (Å²) in [6, 6.07) is 7.34. The fourth-order valence-corrected chi connectivity index (χ4v) is 6.37. The number of carboxylic acid groups (broad SMARTS) is 2. The van der Waals surface area contributed by atoms with Crippen LogP contribution in [0, 0.1) is 0 Å². The second-order valence-corrected chi connectivity index (χ2v) is 10.6. The third-order valence-electron chi connectivity index (χ3n) is 5.88. The van der Waals surface area contributed by atoms with Crippen molar-refractivity contribution < 1.29 is 34.5 Å². The summed E-state index contributed by atoms with van der Waals surface area (Å²) in [6.07, 6.45) is -1.46. The minimum Gasteiger partial charge on any atom is -0.480 e. The van der Waals surface area contributed by atoms with E-state index in [4.69, 9.17) is 5.11 Å². The number of benzene rings is 1. The molecule has 2 amide bonds. The summed E-state index contributed by atoms with van der Waals surface area (Å²) >= 11 is 2.52. The molecule has 4 rings (SSSR count). The largest absolute Gasteiger partial charge is 0.480 e. The maximum Gasteiger partial charge on any atom is 0.352 e.